The van der Waals surface area contributed by atoms with Crippen molar-refractivity contribution in [2.24, 2.45) is 0 Å². The van der Waals surface area contributed by atoms with Gasteiger partial charge in [-0.2, -0.15) is 0 Å². The molecule has 1 aromatic carbocycles. The molecule has 270 valence electrons. The van der Waals surface area contributed by atoms with E-state index in [0.29, 0.717) is 56.0 Å². The third kappa shape index (κ3) is 9.53. The molecule has 0 fully saturated rings. The van der Waals surface area contributed by atoms with Crippen LogP contribution in [0.25, 0.3) is 0 Å². The van der Waals surface area contributed by atoms with Gasteiger partial charge in [-0.05, 0) is 58.2 Å². The number of carbonyl (C=O) groups excluding carboxylic acids is 3. The zero-order chi connectivity index (χ0) is 37.2. The fraction of sp³-hybridized carbons (Fsp3) is 0.333. The number of benzene rings is 1. The van der Waals surface area contributed by atoms with Crippen LogP contribution in [-0.2, 0) is 19.6 Å². The number of hydrogen-bond donors (Lipinski definition) is 6. The van der Waals surface area contributed by atoms with Crippen LogP contribution in [0.3, 0.4) is 0 Å². The second-order valence-electron chi connectivity index (χ2n) is 12.0. The predicted molar refractivity (Wildman–Crippen MR) is 189 cm³/mol. The van der Waals surface area contributed by atoms with Crippen LogP contribution in [-0.4, -0.2) is 66.4 Å². The summed E-state index contributed by atoms with van der Waals surface area (Å²) in [5, 5.41) is 38.1. The minimum atomic E-state index is -0.514. The number of aromatic nitrogens is 3. The maximum absolute atomic E-state index is 13.2. The maximum Gasteiger partial charge on any atom is 0.251 e. The van der Waals surface area contributed by atoms with Crippen molar-refractivity contribution in [3.63, 3.8) is 0 Å². The number of aromatic hydroxyl groups is 3. The van der Waals surface area contributed by atoms with Gasteiger partial charge in [-0.1, -0.05) is 0 Å². The van der Waals surface area contributed by atoms with Gasteiger partial charge in [-0.25, -0.2) is 0 Å². The van der Waals surface area contributed by atoms with E-state index in [0.717, 1.165) is 0 Å². The Labute approximate surface area is 292 Å². The number of aryl methyl sites for hydroxylation is 3. The predicted octanol–water partition coefficient (Wildman–Crippen LogP) is 1.67. The van der Waals surface area contributed by atoms with Gasteiger partial charge >= 0.3 is 0 Å². The van der Waals surface area contributed by atoms with Crippen LogP contribution in [0.1, 0.15) is 67.4 Å². The fourth-order valence-electron chi connectivity index (χ4n) is 5.40. The van der Waals surface area contributed by atoms with E-state index >= 15 is 0 Å². The average molecular weight is 703 g/mol. The first-order valence-corrected chi connectivity index (χ1v) is 16.4. The molecule has 0 saturated carbocycles. The summed E-state index contributed by atoms with van der Waals surface area (Å²) in [5.74, 6) is -2.54. The van der Waals surface area contributed by atoms with Gasteiger partial charge in [-0.3, -0.25) is 28.8 Å². The first-order valence-electron chi connectivity index (χ1n) is 16.4. The van der Waals surface area contributed by atoms with E-state index in [1.54, 1.807) is 53.1 Å². The summed E-state index contributed by atoms with van der Waals surface area (Å²) in [6, 6.07) is 7.95. The van der Waals surface area contributed by atoms with E-state index in [9.17, 15) is 44.1 Å². The fourth-order valence-corrected chi connectivity index (χ4v) is 5.40. The largest absolute Gasteiger partial charge is 0.503 e. The van der Waals surface area contributed by atoms with Crippen molar-refractivity contribution < 1.29 is 29.7 Å². The normalized spacial score (nSPS) is 10.9. The van der Waals surface area contributed by atoms with Crippen molar-refractivity contribution >= 4 is 17.7 Å². The monoisotopic (exact) mass is 702 g/mol. The van der Waals surface area contributed by atoms with E-state index in [4.69, 9.17) is 0 Å². The number of amides is 3. The minimum absolute atomic E-state index is 0.0868. The summed E-state index contributed by atoms with van der Waals surface area (Å²) < 4.78 is 5.08. The van der Waals surface area contributed by atoms with Crippen LogP contribution in [0, 0.1) is 20.8 Å². The molecule has 0 bridgehead atoms. The third-order valence-corrected chi connectivity index (χ3v) is 8.54. The standard InChI is InChI=1S/C36H42N6O9/c1-22-31(46)28(43)7-16-40(22)13-4-10-37-34(49)25-19-26(35(50)38-11-5-14-41-17-8-29(44)32(47)23(41)2)21-27(20-25)36(51)39-12-6-15-42-18-9-30(45)33(48)24(42)3/h7-9,16-21,46-48H,4-6,10-15H2,1-3H3,(H,37,49)(H,38,50)(H,39,51). The Balaban J connectivity index is 1.42. The molecule has 0 radical (unpaired) electrons. The summed E-state index contributed by atoms with van der Waals surface area (Å²) in [5.41, 5.74) is 0.0443. The van der Waals surface area contributed by atoms with Gasteiger partial charge in [0.05, 0.1) is 17.1 Å². The molecule has 15 nitrogen and oxygen atoms in total. The molecule has 3 aromatic heterocycles. The quantitative estimate of drug-likeness (QED) is 0.0993. The minimum Gasteiger partial charge on any atom is -0.503 e. The Kier molecular flexibility index (Phi) is 12.6. The highest BCUT2D eigenvalue weighted by atomic mass is 16.3. The summed E-state index contributed by atoms with van der Waals surface area (Å²) in [6.45, 7) is 6.75. The molecule has 15 heteroatoms. The molecule has 0 aliphatic rings. The molecule has 4 rings (SSSR count). The Morgan fingerprint density at radius 2 is 0.765 bits per heavy atom. The summed E-state index contributed by atoms with van der Waals surface area (Å²) in [4.78, 5) is 74.6. The van der Waals surface area contributed by atoms with E-state index in [1.165, 1.54) is 36.4 Å². The molecule has 3 amide bonds. The average Bonchev–Trinajstić information content (AvgIpc) is 3.12. The topological polar surface area (TPSA) is 214 Å². The lowest BCUT2D eigenvalue weighted by molar-refractivity contribution is 0.0952. The lowest BCUT2D eigenvalue weighted by Gasteiger charge is -2.14. The summed E-state index contributed by atoms with van der Waals surface area (Å²) in [6.07, 6.45) is 6.06. The Morgan fingerprint density at radius 3 is 1.02 bits per heavy atom. The van der Waals surface area contributed by atoms with E-state index in [2.05, 4.69) is 16.0 Å². The molecule has 4 aromatic rings. The molecule has 3 heterocycles. The number of nitrogens with one attached hydrogen (secondary N) is 3. The van der Waals surface area contributed by atoms with Crippen LogP contribution in [0.5, 0.6) is 17.2 Å². The van der Waals surface area contributed by atoms with Crippen LogP contribution >= 0.6 is 0 Å². The number of hydrogen-bond acceptors (Lipinski definition) is 9. The van der Waals surface area contributed by atoms with Crippen molar-refractivity contribution in [2.45, 2.75) is 59.7 Å². The van der Waals surface area contributed by atoms with E-state index in [1.807, 2.05) is 0 Å². The van der Waals surface area contributed by atoms with Crippen molar-refractivity contribution in [1.29, 1.82) is 0 Å². The molecule has 0 atom stereocenters. The van der Waals surface area contributed by atoms with Crippen molar-refractivity contribution in [3.05, 3.63) is 119 Å². The van der Waals surface area contributed by atoms with Gasteiger partial charge in [0.25, 0.3) is 17.7 Å². The Hall–Kier alpha value is -6.12. The highest BCUT2D eigenvalue weighted by Gasteiger charge is 2.17. The van der Waals surface area contributed by atoms with Crippen molar-refractivity contribution in [3.8, 4) is 17.2 Å². The first-order chi connectivity index (χ1) is 24.3. The summed E-state index contributed by atoms with van der Waals surface area (Å²) >= 11 is 0. The van der Waals surface area contributed by atoms with Gasteiger partial charge in [0.1, 0.15) is 0 Å². The first kappa shape index (κ1) is 37.7. The molecule has 6 N–H and O–H groups in total. The molecule has 0 spiro atoms. The molecule has 0 unspecified atom stereocenters. The molecular weight excluding hydrogens is 660 g/mol. The van der Waals surface area contributed by atoms with Crippen molar-refractivity contribution in [1.82, 2.24) is 29.7 Å². The molecule has 0 saturated heterocycles. The highest BCUT2D eigenvalue weighted by molar-refractivity contribution is 6.04. The summed E-state index contributed by atoms with van der Waals surface area (Å²) in [7, 11) is 0. The lowest BCUT2D eigenvalue weighted by atomic mass is 10.0. The van der Waals surface area contributed by atoms with E-state index in [-0.39, 0.29) is 53.6 Å². The molecular formula is C36H42N6O9. The molecule has 0 aliphatic carbocycles. The Morgan fingerprint density at radius 1 is 0.510 bits per heavy atom. The second-order valence-corrected chi connectivity index (χ2v) is 12.0. The van der Waals surface area contributed by atoms with Crippen LogP contribution < -0.4 is 32.2 Å². The van der Waals surface area contributed by atoms with Crippen LogP contribution in [0.2, 0.25) is 0 Å². The number of nitrogens with zero attached hydrogens (tertiary/aromatic N) is 3. The molecule has 0 aliphatic heterocycles. The Bertz CT molecular complexity index is 1870. The maximum atomic E-state index is 13.2. The zero-order valence-electron chi connectivity index (χ0n) is 28.7. The van der Waals surface area contributed by atoms with Gasteiger partial charge in [-0.15, -0.1) is 0 Å². The highest BCUT2D eigenvalue weighted by Crippen LogP contribution is 2.14. The zero-order valence-corrected chi connectivity index (χ0v) is 28.7. The third-order valence-electron chi connectivity index (χ3n) is 8.54. The van der Waals surface area contributed by atoms with Crippen molar-refractivity contribution in [2.75, 3.05) is 19.6 Å². The van der Waals surface area contributed by atoms with Gasteiger partial charge in [0.15, 0.2) is 17.2 Å². The number of carbonyl (C=O) groups is 3. The van der Waals surface area contributed by atoms with Gasteiger partial charge in [0.2, 0.25) is 16.3 Å². The van der Waals surface area contributed by atoms with Crippen LogP contribution in [0.4, 0.5) is 0 Å². The smallest absolute Gasteiger partial charge is 0.251 e. The van der Waals surface area contributed by atoms with E-state index < -0.39 is 34.0 Å². The lowest BCUT2D eigenvalue weighted by Crippen LogP contribution is -2.30. The number of pyridine rings is 3. The molecule has 51 heavy (non-hydrogen) atoms. The SMILES string of the molecule is Cc1c(O)c(=O)ccn1CCCNC(=O)c1cc(C(=O)NCCCn2ccc(=O)c(O)c2C)cc(C(=O)NCCCn2ccc(=O)c(O)c2C)c1. The second kappa shape index (κ2) is 17.0. The number of rotatable bonds is 15. The van der Waals surface area contributed by atoms with Crippen LogP contribution in [0.15, 0.2) is 69.4 Å². The van der Waals surface area contributed by atoms with Gasteiger partial charge in [0, 0.05) is 92.7 Å². The van der Waals surface area contributed by atoms with Gasteiger partial charge < -0.3 is 45.0 Å².